The first-order valence-corrected chi connectivity index (χ1v) is 4.52. The van der Waals surface area contributed by atoms with Crippen LogP contribution in [-0.4, -0.2) is 4.98 Å². The highest BCUT2D eigenvalue weighted by molar-refractivity contribution is 5.84. The Morgan fingerprint density at radius 2 is 2.08 bits per heavy atom. The first-order valence-electron chi connectivity index (χ1n) is 4.52. The molecule has 0 amide bonds. The van der Waals surface area contributed by atoms with E-state index < -0.39 is 0 Å². The Kier molecular flexibility index (Phi) is 1.93. The van der Waals surface area contributed by atoms with Crippen LogP contribution in [0.1, 0.15) is 19.5 Å². The molecule has 1 heterocycles. The second-order valence-corrected chi connectivity index (χ2v) is 3.24. The molecule has 1 aromatic heterocycles. The molecule has 0 aliphatic carbocycles. The van der Waals surface area contributed by atoms with Crippen molar-refractivity contribution in [2.45, 2.75) is 13.8 Å². The number of nitrogens with one attached hydrogen (secondary N) is 1. The van der Waals surface area contributed by atoms with E-state index in [-0.39, 0.29) is 0 Å². The van der Waals surface area contributed by atoms with Crippen molar-refractivity contribution < 1.29 is 0 Å². The summed E-state index contributed by atoms with van der Waals surface area (Å²) in [5, 5.41) is 1.28. The van der Waals surface area contributed by atoms with Crippen LogP contribution in [0.5, 0.6) is 0 Å². The normalized spacial score (nSPS) is 12.3. The molecule has 0 saturated carbocycles. The van der Waals surface area contributed by atoms with E-state index in [0.717, 1.165) is 0 Å². The summed E-state index contributed by atoms with van der Waals surface area (Å²) in [4.78, 5) is 3.38. The first kappa shape index (κ1) is 8.11. The minimum absolute atomic E-state index is 1.21. The van der Waals surface area contributed by atoms with Crippen LogP contribution in [0.4, 0.5) is 0 Å². The molecule has 1 N–H and O–H groups in total. The fourth-order valence-electron chi connectivity index (χ4n) is 1.44. The standard InChI is InChI=1S/C12H13N/c1-3-9(2)12-8-10-6-4-5-7-11(10)13-12/h3-8,13H,1-2H3. The van der Waals surface area contributed by atoms with Gasteiger partial charge in [0, 0.05) is 11.2 Å². The van der Waals surface area contributed by atoms with Gasteiger partial charge in [0.2, 0.25) is 0 Å². The van der Waals surface area contributed by atoms with Crippen LogP contribution >= 0.6 is 0 Å². The number of allylic oxidation sites excluding steroid dienone is 2. The van der Waals surface area contributed by atoms with Crippen LogP contribution in [0.2, 0.25) is 0 Å². The molecule has 0 unspecified atom stereocenters. The Balaban J connectivity index is 2.62. The number of benzene rings is 1. The Morgan fingerprint density at radius 3 is 2.77 bits per heavy atom. The maximum absolute atomic E-state index is 3.38. The molecule has 0 atom stereocenters. The molecule has 0 aliphatic heterocycles. The summed E-state index contributed by atoms with van der Waals surface area (Å²) in [6.45, 7) is 4.17. The minimum Gasteiger partial charge on any atom is -0.355 e. The number of hydrogen-bond acceptors (Lipinski definition) is 0. The molecule has 0 saturated heterocycles. The maximum atomic E-state index is 3.38. The summed E-state index contributed by atoms with van der Waals surface area (Å²) in [6.07, 6.45) is 2.12. The number of aromatic nitrogens is 1. The van der Waals surface area contributed by atoms with Gasteiger partial charge in [-0.2, -0.15) is 0 Å². The molecule has 0 spiro atoms. The molecular formula is C12H13N. The zero-order valence-electron chi connectivity index (χ0n) is 7.96. The highest BCUT2D eigenvalue weighted by Crippen LogP contribution is 2.19. The van der Waals surface area contributed by atoms with Crippen molar-refractivity contribution in [1.82, 2.24) is 4.98 Å². The topological polar surface area (TPSA) is 15.8 Å². The lowest BCUT2D eigenvalue weighted by Crippen LogP contribution is -1.75. The van der Waals surface area contributed by atoms with Gasteiger partial charge in [-0.3, -0.25) is 0 Å². The van der Waals surface area contributed by atoms with Crippen LogP contribution < -0.4 is 0 Å². The molecule has 1 aromatic carbocycles. The molecule has 1 nitrogen and oxygen atoms in total. The van der Waals surface area contributed by atoms with E-state index in [4.69, 9.17) is 0 Å². The Bertz CT molecular complexity index is 416. The number of rotatable bonds is 1. The number of para-hydroxylation sites is 1. The van der Waals surface area contributed by atoms with Crippen molar-refractivity contribution in [3.63, 3.8) is 0 Å². The van der Waals surface area contributed by atoms with Gasteiger partial charge in [0.05, 0.1) is 0 Å². The summed E-state index contributed by atoms with van der Waals surface area (Å²) < 4.78 is 0. The summed E-state index contributed by atoms with van der Waals surface area (Å²) in [5.41, 5.74) is 3.71. The number of hydrogen-bond donors (Lipinski definition) is 1. The number of H-pyrrole nitrogens is 1. The minimum atomic E-state index is 1.21. The van der Waals surface area contributed by atoms with Crippen molar-refractivity contribution in [3.8, 4) is 0 Å². The Hall–Kier alpha value is -1.50. The molecule has 2 rings (SSSR count). The Morgan fingerprint density at radius 1 is 1.31 bits per heavy atom. The molecule has 13 heavy (non-hydrogen) atoms. The quantitative estimate of drug-likeness (QED) is 0.674. The van der Waals surface area contributed by atoms with Crippen LogP contribution in [0, 0.1) is 0 Å². The third-order valence-electron chi connectivity index (χ3n) is 2.39. The zero-order valence-corrected chi connectivity index (χ0v) is 7.96. The average molecular weight is 171 g/mol. The van der Waals surface area contributed by atoms with E-state index in [9.17, 15) is 0 Å². The summed E-state index contributed by atoms with van der Waals surface area (Å²) in [5.74, 6) is 0. The predicted molar refractivity (Wildman–Crippen MR) is 57.6 cm³/mol. The van der Waals surface area contributed by atoms with Crippen LogP contribution in [0.3, 0.4) is 0 Å². The molecule has 0 radical (unpaired) electrons. The summed E-state index contributed by atoms with van der Waals surface area (Å²) in [7, 11) is 0. The fraction of sp³-hybridized carbons (Fsp3) is 0.167. The number of fused-ring (bicyclic) bond motifs is 1. The van der Waals surface area contributed by atoms with Crippen LogP contribution in [-0.2, 0) is 0 Å². The SMILES string of the molecule is CC=C(C)c1cc2ccccc2[nH]1. The van der Waals surface area contributed by atoms with E-state index in [1.165, 1.54) is 22.2 Å². The van der Waals surface area contributed by atoms with Gasteiger partial charge < -0.3 is 4.98 Å². The molecule has 2 aromatic rings. The van der Waals surface area contributed by atoms with Gasteiger partial charge in [0.15, 0.2) is 0 Å². The van der Waals surface area contributed by atoms with Gasteiger partial charge in [-0.25, -0.2) is 0 Å². The largest absolute Gasteiger partial charge is 0.355 e. The monoisotopic (exact) mass is 171 g/mol. The lowest BCUT2D eigenvalue weighted by Gasteiger charge is -1.92. The van der Waals surface area contributed by atoms with Gasteiger partial charge in [0.1, 0.15) is 0 Å². The van der Waals surface area contributed by atoms with Crippen molar-refractivity contribution >= 4 is 16.5 Å². The van der Waals surface area contributed by atoms with E-state index in [0.29, 0.717) is 0 Å². The zero-order chi connectivity index (χ0) is 9.26. The lowest BCUT2D eigenvalue weighted by atomic mass is 10.2. The molecule has 0 aliphatic rings. The molecule has 0 fully saturated rings. The van der Waals surface area contributed by atoms with E-state index >= 15 is 0 Å². The first-order chi connectivity index (χ1) is 6.31. The maximum Gasteiger partial charge on any atom is 0.0458 e. The number of aromatic amines is 1. The molecule has 1 heteroatoms. The second kappa shape index (κ2) is 3.09. The van der Waals surface area contributed by atoms with Crippen molar-refractivity contribution in [3.05, 3.63) is 42.1 Å². The van der Waals surface area contributed by atoms with E-state index in [1.807, 2.05) is 6.07 Å². The van der Waals surface area contributed by atoms with Crippen molar-refractivity contribution in [1.29, 1.82) is 0 Å². The van der Waals surface area contributed by atoms with E-state index in [1.54, 1.807) is 0 Å². The van der Waals surface area contributed by atoms with Crippen LogP contribution in [0.25, 0.3) is 16.5 Å². The summed E-state index contributed by atoms with van der Waals surface area (Å²) >= 11 is 0. The van der Waals surface area contributed by atoms with Gasteiger partial charge in [0.25, 0.3) is 0 Å². The molecule has 66 valence electrons. The third-order valence-corrected chi connectivity index (χ3v) is 2.39. The Labute approximate surface area is 78.1 Å². The van der Waals surface area contributed by atoms with Gasteiger partial charge in [-0.15, -0.1) is 0 Å². The molecule has 0 bridgehead atoms. The van der Waals surface area contributed by atoms with Crippen molar-refractivity contribution in [2.24, 2.45) is 0 Å². The highest BCUT2D eigenvalue weighted by atomic mass is 14.7. The molecular weight excluding hydrogens is 158 g/mol. The predicted octanol–water partition coefficient (Wildman–Crippen LogP) is 3.59. The van der Waals surface area contributed by atoms with Gasteiger partial charge >= 0.3 is 0 Å². The van der Waals surface area contributed by atoms with Crippen molar-refractivity contribution in [2.75, 3.05) is 0 Å². The summed E-state index contributed by atoms with van der Waals surface area (Å²) in [6, 6.07) is 10.5. The van der Waals surface area contributed by atoms with Gasteiger partial charge in [-0.1, -0.05) is 24.3 Å². The second-order valence-electron chi connectivity index (χ2n) is 3.24. The smallest absolute Gasteiger partial charge is 0.0458 e. The third kappa shape index (κ3) is 1.37. The van der Waals surface area contributed by atoms with E-state index in [2.05, 4.69) is 49.2 Å². The highest BCUT2D eigenvalue weighted by Gasteiger charge is 1.99. The fourth-order valence-corrected chi connectivity index (χ4v) is 1.44. The van der Waals surface area contributed by atoms with Gasteiger partial charge in [-0.05, 0) is 36.9 Å². The lowest BCUT2D eigenvalue weighted by molar-refractivity contribution is 1.38. The van der Waals surface area contributed by atoms with Crippen LogP contribution in [0.15, 0.2) is 36.4 Å². The average Bonchev–Trinajstić information content (AvgIpc) is 2.59.